The average molecular weight is 278 g/mol. The van der Waals surface area contributed by atoms with Crippen molar-refractivity contribution in [1.82, 2.24) is 4.90 Å². The standard InChI is InChI=1S/C16H23FN2O/c1-11-4-5-13(17)7-12(11)8-15(18)16-9-19-6-2-3-14(19)10-20-16/h4-5,7,14-16H,2-3,6,8-10,18H2,1H3. The van der Waals surface area contributed by atoms with Crippen molar-refractivity contribution in [2.24, 2.45) is 5.73 Å². The fourth-order valence-corrected chi connectivity index (χ4v) is 3.35. The molecule has 1 aromatic carbocycles. The highest BCUT2D eigenvalue weighted by molar-refractivity contribution is 5.27. The number of rotatable bonds is 3. The van der Waals surface area contributed by atoms with Crippen molar-refractivity contribution < 1.29 is 9.13 Å². The minimum absolute atomic E-state index is 0.0621. The zero-order chi connectivity index (χ0) is 14.1. The Labute approximate surface area is 119 Å². The van der Waals surface area contributed by atoms with Crippen LogP contribution in [0.4, 0.5) is 4.39 Å². The summed E-state index contributed by atoms with van der Waals surface area (Å²) in [4.78, 5) is 2.49. The minimum Gasteiger partial charge on any atom is -0.374 e. The summed E-state index contributed by atoms with van der Waals surface area (Å²) in [5, 5.41) is 0. The number of nitrogens with zero attached hydrogens (tertiary/aromatic N) is 1. The van der Waals surface area contributed by atoms with Crippen LogP contribution in [0.2, 0.25) is 0 Å². The maximum Gasteiger partial charge on any atom is 0.123 e. The molecule has 0 aliphatic carbocycles. The lowest BCUT2D eigenvalue weighted by molar-refractivity contribution is -0.0589. The Hall–Kier alpha value is -0.970. The largest absolute Gasteiger partial charge is 0.374 e. The van der Waals surface area contributed by atoms with Gasteiger partial charge in [0, 0.05) is 18.6 Å². The van der Waals surface area contributed by atoms with Gasteiger partial charge in [-0.05, 0) is 56.0 Å². The second kappa shape index (κ2) is 5.80. The quantitative estimate of drug-likeness (QED) is 0.917. The third-order valence-electron chi connectivity index (χ3n) is 4.66. The van der Waals surface area contributed by atoms with E-state index in [9.17, 15) is 4.39 Å². The molecule has 0 saturated carbocycles. The van der Waals surface area contributed by atoms with E-state index < -0.39 is 0 Å². The van der Waals surface area contributed by atoms with E-state index in [0.29, 0.717) is 12.5 Å². The molecule has 20 heavy (non-hydrogen) atoms. The van der Waals surface area contributed by atoms with Crippen LogP contribution in [0.1, 0.15) is 24.0 Å². The molecule has 4 heteroatoms. The summed E-state index contributed by atoms with van der Waals surface area (Å²) in [7, 11) is 0. The van der Waals surface area contributed by atoms with Gasteiger partial charge in [-0.3, -0.25) is 4.90 Å². The van der Waals surface area contributed by atoms with Crippen molar-refractivity contribution in [3.63, 3.8) is 0 Å². The summed E-state index contributed by atoms with van der Waals surface area (Å²) in [5.74, 6) is -0.193. The molecule has 3 rings (SSSR count). The molecule has 0 bridgehead atoms. The van der Waals surface area contributed by atoms with E-state index in [1.54, 1.807) is 6.07 Å². The third-order valence-corrected chi connectivity index (χ3v) is 4.66. The molecule has 0 amide bonds. The minimum atomic E-state index is -0.193. The number of fused-ring (bicyclic) bond motifs is 1. The molecule has 3 nitrogen and oxygen atoms in total. The first-order chi connectivity index (χ1) is 9.63. The maximum absolute atomic E-state index is 13.3. The maximum atomic E-state index is 13.3. The van der Waals surface area contributed by atoms with E-state index in [2.05, 4.69) is 4.90 Å². The molecular weight excluding hydrogens is 255 g/mol. The second-order valence-electron chi connectivity index (χ2n) is 6.10. The monoisotopic (exact) mass is 278 g/mol. The third kappa shape index (κ3) is 2.87. The van der Waals surface area contributed by atoms with Gasteiger partial charge in [-0.25, -0.2) is 4.39 Å². The summed E-state index contributed by atoms with van der Waals surface area (Å²) >= 11 is 0. The van der Waals surface area contributed by atoms with Crippen LogP contribution >= 0.6 is 0 Å². The molecule has 2 aliphatic heterocycles. The topological polar surface area (TPSA) is 38.5 Å². The summed E-state index contributed by atoms with van der Waals surface area (Å²) in [5.41, 5.74) is 8.39. The van der Waals surface area contributed by atoms with Gasteiger partial charge in [-0.15, -0.1) is 0 Å². The lowest BCUT2D eigenvalue weighted by Crippen LogP contribution is -2.53. The number of hydrogen-bond acceptors (Lipinski definition) is 3. The predicted octanol–water partition coefficient (Wildman–Crippen LogP) is 1.87. The van der Waals surface area contributed by atoms with Gasteiger partial charge in [0.1, 0.15) is 5.82 Å². The van der Waals surface area contributed by atoms with Gasteiger partial charge in [-0.2, -0.15) is 0 Å². The van der Waals surface area contributed by atoms with Crippen LogP contribution in [0.3, 0.4) is 0 Å². The Morgan fingerprint density at radius 1 is 1.50 bits per heavy atom. The van der Waals surface area contributed by atoms with Crippen LogP contribution in [0.5, 0.6) is 0 Å². The molecule has 2 aliphatic rings. The lowest BCUT2D eigenvalue weighted by atomic mass is 9.97. The molecule has 1 aromatic rings. The average Bonchev–Trinajstić information content (AvgIpc) is 2.90. The molecule has 3 atom stereocenters. The van der Waals surface area contributed by atoms with Gasteiger partial charge < -0.3 is 10.5 Å². The highest BCUT2D eigenvalue weighted by Crippen LogP contribution is 2.24. The van der Waals surface area contributed by atoms with Crippen LogP contribution in [-0.2, 0) is 11.2 Å². The Bertz CT molecular complexity index is 480. The molecule has 0 radical (unpaired) electrons. The number of morpholine rings is 1. The van der Waals surface area contributed by atoms with Gasteiger partial charge >= 0.3 is 0 Å². The summed E-state index contributed by atoms with van der Waals surface area (Å²) in [6.07, 6.45) is 3.24. The van der Waals surface area contributed by atoms with Crippen LogP contribution in [0, 0.1) is 12.7 Å². The summed E-state index contributed by atoms with van der Waals surface area (Å²) in [6.45, 7) is 4.87. The zero-order valence-electron chi connectivity index (χ0n) is 12.0. The van der Waals surface area contributed by atoms with Gasteiger partial charge in [-0.1, -0.05) is 6.07 Å². The highest BCUT2D eigenvalue weighted by Gasteiger charge is 2.34. The molecule has 0 spiro atoms. The van der Waals surface area contributed by atoms with Crippen molar-refractivity contribution in [1.29, 1.82) is 0 Å². The van der Waals surface area contributed by atoms with E-state index >= 15 is 0 Å². The first kappa shape index (κ1) is 14.0. The zero-order valence-corrected chi connectivity index (χ0v) is 12.0. The molecule has 2 fully saturated rings. The molecule has 2 heterocycles. The van der Waals surface area contributed by atoms with Crippen LogP contribution in [0.25, 0.3) is 0 Å². The first-order valence-electron chi connectivity index (χ1n) is 7.50. The van der Waals surface area contributed by atoms with Crippen molar-refractivity contribution in [2.45, 2.75) is 44.4 Å². The Morgan fingerprint density at radius 2 is 2.35 bits per heavy atom. The fourth-order valence-electron chi connectivity index (χ4n) is 3.35. The Morgan fingerprint density at radius 3 is 3.20 bits per heavy atom. The lowest BCUT2D eigenvalue weighted by Gasteiger charge is -2.37. The molecule has 3 unspecified atom stereocenters. The Balaban J connectivity index is 1.64. The SMILES string of the molecule is Cc1ccc(F)cc1CC(N)C1CN2CCCC2CO1. The number of aryl methyl sites for hydroxylation is 1. The number of benzene rings is 1. The van der Waals surface area contributed by atoms with Crippen LogP contribution in [-0.4, -0.2) is 42.8 Å². The van der Waals surface area contributed by atoms with Crippen molar-refractivity contribution in [3.8, 4) is 0 Å². The predicted molar refractivity (Wildman–Crippen MR) is 77.2 cm³/mol. The van der Waals surface area contributed by atoms with Gasteiger partial charge in [0.25, 0.3) is 0 Å². The highest BCUT2D eigenvalue weighted by atomic mass is 19.1. The normalized spacial score (nSPS) is 28.4. The van der Waals surface area contributed by atoms with E-state index in [0.717, 1.165) is 30.8 Å². The molecule has 2 N–H and O–H groups in total. The number of ether oxygens (including phenoxy) is 1. The van der Waals surface area contributed by atoms with E-state index in [1.165, 1.54) is 18.9 Å². The summed E-state index contributed by atoms with van der Waals surface area (Å²) in [6, 6.07) is 5.43. The Kier molecular flexibility index (Phi) is 4.06. The molecule has 110 valence electrons. The number of hydrogen-bond donors (Lipinski definition) is 1. The summed E-state index contributed by atoms with van der Waals surface area (Å²) < 4.78 is 19.3. The van der Waals surface area contributed by atoms with Gasteiger partial charge in [0.05, 0.1) is 12.7 Å². The van der Waals surface area contributed by atoms with E-state index in [1.807, 2.05) is 13.0 Å². The van der Waals surface area contributed by atoms with Gasteiger partial charge in [0.2, 0.25) is 0 Å². The van der Waals surface area contributed by atoms with Crippen LogP contribution in [0.15, 0.2) is 18.2 Å². The number of nitrogens with two attached hydrogens (primary N) is 1. The first-order valence-corrected chi connectivity index (χ1v) is 7.50. The van der Waals surface area contributed by atoms with Crippen LogP contribution < -0.4 is 5.73 Å². The van der Waals surface area contributed by atoms with Gasteiger partial charge in [0.15, 0.2) is 0 Å². The van der Waals surface area contributed by atoms with E-state index in [-0.39, 0.29) is 18.0 Å². The second-order valence-corrected chi connectivity index (χ2v) is 6.10. The van der Waals surface area contributed by atoms with Crippen molar-refractivity contribution in [3.05, 3.63) is 35.1 Å². The fraction of sp³-hybridized carbons (Fsp3) is 0.625. The van der Waals surface area contributed by atoms with E-state index in [4.69, 9.17) is 10.5 Å². The van der Waals surface area contributed by atoms with Crippen molar-refractivity contribution >= 4 is 0 Å². The molecule has 2 saturated heterocycles. The number of halogens is 1. The van der Waals surface area contributed by atoms with Crippen molar-refractivity contribution in [2.75, 3.05) is 19.7 Å². The smallest absolute Gasteiger partial charge is 0.123 e. The molecular formula is C16H23FN2O. The molecule has 0 aromatic heterocycles.